The normalized spacial score (nSPS) is 38.5. The second kappa shape index (κ2) is 34.0. The van der Waals surface area contributed by atoms with Crippen LogP contribution in [0.5, 0.6) is 0 Å². The molecule has 8 saturated heterocycles. The number of hydrogen-bond acceptors (Lipinski definition) is 29. The van der Waals surface area contributed by atoms with Gasteiger partial charge in [-0.3, -0.25) is 86.3 Å². The topological polar surface area (TPSA) is 409 Å². The first kappa shape index (κ1) is 92.5. The average Bonchev–Trinajstić information content (AvgIpc) is 1.54. The summed E-state index contributed by atoms with van der Waals surface area (Å²) in [6.45, 7) is 47.5. The van der Waals surface area contributed by atoms with E-state index in [1.165, 1.54) is 0 Å². The molecule has 8 saturated carbocycles. The van der Waals surface area contributed by atoms with Crippen LogP contribution in [0.4, 0.5) is 0 Å². The highest BCUT2D eigenvalue weighted by Gasteiger charge is 2.74. The van der Waals surface area contributed by atoms with Crippen molar-refractivity contribution in [2.45, 2.75) is 261 Å². The van der Waals surface area contributed by atoms with Crippen LogP contribution in [0.25, 0.3) is 0 Å². The Morgan fingerprint density at radius 1 is 0.436 bits per heavy atom. The van der Waals surface area contributed by atoms with Crippen LogP contribution in [0, 0.1) is 168 Å². The van der Waals surface area contributed by atoms with Crippen molar-refractivity contribution < 1.29 is 138 Å². The Morgan fingerprint density at radius 2 is 0.872 bits per heavy atom. The average molecular weight is 1640 g/mol. The maximum atomic E-state index is 12.4. The molecule has 27 unspecified atom stereocenters. The van der Waals surface area contributed by atoms with Crippen molar-refractivity contribution in [1.82, 2.24) is 0 Å². The van der Waals surface area contributed by atoms with Gasteiger partial charge in [-0.2, -0.15) is 0 Å². The molecule has 0 amide bonds. The van der Waals surface area contributed by atoms with Crippen LogP contribution < -0.4 is 0 Å². The van der Waals surface area contributed by atoms with Gasteiger partial charge < -0.3 is 52.1 Å². The number of hydrogen-bond donors (Lipinski definition) is 0. The van der Waals surface area contributed by atoms with E-state index in [2.05, 4.69) is 48.5 Å². The minimum Gasteiger partial charge on any atom is -0.462 e. The highest BCUT2D eigenvalue weighted by molar-refractivity contribution is 6.02. The van der Waals surface area contributed by atoms with Crippen LogP contribution in [-0.2, 0) is 138 Å². The highest BCUT2D eigenvalue weighted by atomic mass is 16.6. The molecule has 16 aliphatic rings. The Kier molecular flexibility index (Phi) is 26.9. The van der Waals surface area contributed by atoms with Crippen molar-refractivity contribution in [2.75, 3.05) is 0 Å². The molecule has 117 heavy (non-hydrogen) atoms. The number of allylic oxidation sites excluding steroid dienone is 1. The van der Waals surface area contributed by atoms with E-state index in [-0.39, 0.29) is 190 Å². The Hall–Kier alpha value is -8.40. The van der Waals surface area contributed by atoms with E-state index in [1.807, 2.05) is 90.0 Å². The first-order valence-electron chi connectivity index (χ1n) is 41.9. The van der Waals surface area contributed by atoms with E-state index in [1.54, 1.807) is 41.5 Å². The number of esters is 18. The molecule has 8 bridgehead atoms. The van der Waals surface area contributed by atoms with Crippen molar-refractivity contribution in [3.8, 4) is 0 Å². The molecule has 8 heterocycles. The minimum absolute atomic E-state index is 0.0412. The molecule has 0 spiro atoms. The Balaban J connectivity index is 0.000000156. The second-order valence-electron chi connectivity index (χ2n) is 39.0. The van der Waals surface area contributed by atoms with Gasteiger partial charge in [-0.15, -0.1) is 0 Å². The van der Waals surface area contributed by atoms with E-state index in [0.29, 0.717) is 74.4 Å². The van der Waals surface area contributed by atoms with Gasteiger partial charge in [0.05, 0.1) is 105 Å². The summed E-state index contributed by atoms with van der Waals surface area (Å²) in [6, 6.07) is 0. The number of carbonyl (C=O) groups is 18. The minimum atomic E-state index is -0.804. The largest absolute Gasteiger partial charge is 0.462 e. The number of ether oxygens (including phenoxy) is 11. The van der Waals surface area contributed by atoms with Crippen molar-refractivity contribution in [3.05, 3.63) is 12.3 Å². The van der Waals surface area contributed by atoms with Crippen molar-refractivity contribution in [1.29, 1.82) is 0 Å². The van der Waals surface area contributed by atoms with E-state index < -0.39 is 86.7 Å². The molecule has 0 aromatic heterocycles. The quantitative estimate of drug-likeness (QED) is 0.0994. The molecule has 8 aliphatic heterocycles. The van der Waals surface area contributed by atoms with Crippen LogP contribution in [0.2, 0.25) is 0 Å². The third-order valence-electron chi connectivity index (χ3n) is 30.8. The lowest BCUT2D eigenvalue weighted by Crippen LogP contribution is -2.45. The van der Waals surface area contributed by atoms with Gasteiger partial charge in [0.25, 0.3) is 0 Å². The summed E-state index contributed by atoms with van der Waals surface area (Å²) < 4.78 is 54.2. The van der Waals surface area contributed by atoms with Gasteiger partial charge in [-0.1, -0.05) is 110 Å². The molecule has 0 N–H and O–H groups in total. The van der Waals surface area contributed by atoms with Gasteiger partial charge in [0.1, 0.15) is 24.1 Å². The van der Waals surface area contributed by atoms with E-state index in [0.717, 1.165) is 32.1 Å². The van der Waals surface area contributed by atoms with Gasteiger partial charge in [-0.05, 0) is 179 Å². The van der Waals surface area contributed by atoms with Gasteiger partial charge in [-0.25, -0.2) is 0 Å². The summed E-state index contributed by atoms with van der Waals surface area (Å²) in [4.78, 5) is 206. The standard InChI is InChI=1S/C17H24O5.C16H22O5.C15H20O5.C11H14O3.C8H12O3.C8H12O2.C7H10O3.C6H8O3/c1-6-16(2,3)15(20)21-9-7-8-10-11(12(9)17(8,4)5)14(19)22-13(10)18;1-5-15(2,3)13(18)20-10-7-8-6-9(10)16(4)11(8)12(17)21-14(16)19;1-4-15(2,3)14(18)19-9-6-7-5-8(9)11-10(7)12(16)20-13(11)17;1-4-5(2)7-3-6(4)8-9(7)11(13)14-10(8)12;1-3-5(2)6-4-7(9)11-8(6)10;1-4-8(3)5-7(9)10-6(8)2;1-4-5(8)10-6(9)7(4,2)3;1-3-4(2)6(8)9-5(3)7/h8-12H,6-7H2,1-5H3;8-11H,5-7H2,1-4H3;7-11H,4-6H2,1-3H3;4-9H,3H2,1-2H3;5-6H,3-4H2,1-2H3;2,4-5H2,1,3H3;4H,1-3H3;3-4H,1-2H3. The molecule has 16 fully saturated rings. The monoisotopic (exact) mass is 1640 g/mol. The highest BCUT2D eigenvalue weighted by Crippen LogP contribution is 2.67. The molecular formula is C88H122O29. The number of rotatable bonds is 12. The van der Waals surface area contributed by atoms with Crippen LogP contribution in [-0.4, -0.2) is 126 Å². The predicted octanol–water partition coefficient (Wildman–Crippen LogP) is 11.4. The van der Waals surface area contributed by atoms with Crippen LogP contribution in [0.3, 0.4) is 0 Å². The van der Waals surface area contributed by atoms with Crippen molar-refractivity contribution in [3.63, 3.8) is 0 Å². The van der Waals surface area contributed by atoms with Gasteiger partial charge in [0, 0.05) is 23.2 Å². The molecule has 0 aromatic carbocycles. The van der Waals surface area contributed by atoms with E-state index in [4.69, 9.17) is 37.9 Å². The van der Waals surface area contributed by atoms with Crippen molar-refractivity contribution >= 4 is 107 Å². The van der Waals surface area contributed by atoms with Gasteiger partial charge in [0.2, 0.25) is 0 Å². The third kappa shape index (κ3) is 17.1. The first-order chi connectivity index (χ1) is 54.1. The molecular weight excluding hydrogens is 1520 g/mol. The Labute approximate surface area is 684 Å². The molecule has 16 rings (SSSR count). The van der Waals surface area contributed by atoms with Gasteiger partial charge >= 0.3 is 107 Å². The Bertz CT molecular complexity index is 4020. The summed E-state index contributed by atoms with van der Waals surface area (Å²) in [7, 11) is 0. The second-order valence-corrected chi connectivity index (χ2v) is 39.0. The van der Waals surface area contributed by atoms with Crippen LogP contribution >= 0.6 is 0 Å². The molecule has 29 nitrogen and oxygen atoms in total. The maximum Gasteiger partial charge on any atom is 0.320 e. The first-order valence-corrected chi connectivity index (χ1v) is 41.9. The van der Waals surface area contributed by atoms with Gasteiger partial charge in [0.15, 0.2) is 0 Å². The smallest absolute Gasteiger partial charge is 0.320 e. The molecule has 29 heteroatoms. The zero-order valence-corrected chi connectivity index (χ0v) is 72.2. The predicted molar refractivity (Wildman–Crippen MR) is 407 cm³/mol. The lowest BCUT2D eigenvalue weighted by molar-refractivity contribution is -0.169. The molecule has 0 aromatic rings. The molecule has 0 radical (unpaired) electrons. The van der Waals surface area contributed by atoms with E-state index >= 15 is 0 Å². The molecule has 8 aliphatic carbocycles. The van der Waals surface area contributed by atoms with E-state index in [9.17, 15) is 86.3 Å². The third-order valence-corrected chi connectivity index (χ3v) is 30.8. The summed E-state index contributed by atoms with van der Waals surface area (Å²) in [6.07, 6.45) is 8.50. The molecule has 27 atom stereocenters. The maximum absolute atomic E-state index is 12.4. The summed E-state index contributed by atoms with van der Waals surface area (Å²) >= 11 is 0. The number of fused-ring (bicyclic) bond motifs is 20. The van der Waals surface area contributed by atoms with Crippen LogP contribution in [0.1, 0.15) is 243 Å². The fourth-order valence-corrected chi connectivity index (χ4v) is 20.2. The molecule has 648 valence electrons. The fraction of sp³-hybridized carbons (Fsp3) is 0.773. The lowest BCUT2D eigenvalue weighted by atomic mass is 9.67. The number of cyclic esters (lactones) is 15. The summed E-state index contributed by atoms with van der Waals surface area (Å²) in [5.74, 6) is -6.30. The lowest BCUT2D eigenvalue weighted by Gasteiger charge is -2.36. The SMILES string of the molecule is C=C1OC(=O)CC1(C)CC.CC1C(=O)OC(=O)C1(C)C.CC1C(=O)OC(=O)C1C.CC1C(C)C2CC1C1C(=O)OC(=O)C21.CCC(C)(C)C(=O)OC1CC2C3C(=O)OC(=O)C3C1C2(C)C.CCC(C)(C)C(=O)OC1CC2CC1C1(C)C(=O)OC(=O)C21.CCC(C)(C)C(=O)OC1CC2CC1C1C(=O)OC(=O)C21.CCC(C)C1CC(=O)OC1=O. The zero-order chi connectivity index (χ0) is 87.9. The summed E-state index contributed by atoms with van der Waals surface area (Å²) in [5.41, 5.74) is -3.28. The zero-order valence-electron chi connectivity index (χ0n) is 72.2. The Morgan fingerprint density at radius 3 is 1.26 bits per heavy atom. The number of carbonyl (C=O) groups excluding carboxylic acids is 18. The summed E-state index contributed by atoms with van der Waals surface area (Å²) in [5, 5.41) is 0. The van der Waals surface area contributed by atoms with Crippen molar-refractivity contribution in [2.24, 2.45) is 168 Å². The fourth-order valence-electron chi connectivity index (χ4n) is 20.2. The van der Waals surface area contributed by atoms with Crippen LogP contribution in [0.15, 0.2) is 12.3 Å².